The molecule has 0 radical (unpaired) electrons. The number of aromatic nitrogens is 5. The molecule has 0 fully saturated rings. The van der Waals surface area contributed by atoms with E-state index in [0.29, 0.717) is 40.6 Å². The minimum atomic E-state index is -0.166. The number of carbonyl (C=O) groups excluding carboxylic acids is 1. The Morgan fingerprint density at radius 2 is 2.00 bits per heavy atom. The van der Waals surface area contributed by atoms with Crippen molar-refractivity contribution in [3.63, 3.8) is 0 Å². The van der Waals surface area contributed by atoms with Crippen molar-refractivity contribution >= 4 is 39.9 Å². The third-order valence-corrected chi connectivity index (χ3v) is 5.93. The minimum absolute atomic E-state index is 0.159. The van der Waals surface area contributed by atoms with Crippen LogP contribution in [-0.4, -0.2) is 36.8 Å². The average Bonchev–Trinajstić information content (AvgIpc) is 3.28. The lowest BCUT2D eigenvalue weighted by molar-refractivity contribution is 0.0955. The first-order valence-corrected chi connectivity index (χ1v) is 10.5. The predicted octanol–water partition coefficient (Wildman–Crippen LogP) is 2.80. The van der Waals surface area contributed by atoms with Gasteiger partial charge in [-0.2, -0.15) is 5.10 Å². The second-order valence-corrected chi connectivity index (χ2v) is 8.45. The van der Waals surface area contributed by atoms with Crippen molar-refractivity contribution in [2.24, 2.45) is 0 Å². The molecule has 4 rings (SSSR count). The first kappa shape index (κ1) is 20.2. The number of amides is 1. The Hall–Kier alpha value is -3.04. The molecule has 10 heteroatoms. The van der Waals surface area contributed by atoms with E-state index in [0.717, 1.165) is 16.3 Å². The molecule has 154 valence electrons. The van der Waals surface area contributed by atoms with E-state index >= 15 is 0 Å². The quantitative estimate of drug-likeness (QED) is 0.495. The van der Waals surface area contributed by atoms with E-state index in [2.05, 4.69) is 20.4 Å². The molecule has 0 saturated heterocycles. The first-order valence-electron chi connectivity index (χ1n) is 9.30. The average molecular weight is 443 g/mol. The summed E-state index contributed by atoms with van der Waals surface area (Å²) in [6.45, 7) is 4.85. The summed E-state index contributed by atoms with van der Waals surface area (Å²) < 4.78 is 3.16. The molecule has 3 heterocycles. The highest BCUT2D eigenvalue weighted by Crippen LogP contribution is 2.16. The number of thiazole rings is 1. The normalized spacial score (nSPS) is 11.2. The number of rotatable bonds is 6. The van der Waals surface area contributed by atoms with Gasteiger partial charge >= 0.3 is 0 Å². The third kappa shape index (κ3) is 4.12. The van der Waals surface area contributed by atoms with Crippen molar-refractivity contribution < 1.29 is 4.79 Å². The fourth-order valence-corrected chi connectivity index (χ4v) is 4.12. The van der Waals surface area contributed by atoms with Crippen molar-refractivity contribution in [2.75, 3.05) is 6.54 Å². The number of halogens is 1. The van der Waals surface area contributed by atoms with Gasteiger partial charge in [-0.3, -0.25) is 14.2 Å². The Bertz CT molecular complexity index is 1270. The van der Waals surface area contributed by atoms with E-state index in [1.54, 1.807) is 16.8 Å². The highest BCUT2D eigenvalue weighted by molar-refractivity contribution is 7.13. The number of nitrogens with zero attached hydrogens (tertiary/aromatic N) is 5. The Kier molecular flexibility index (Phi) is 5.65. The summed E-state index contributed by atoms with van der Waals surface area (Å²) in [5, 5.41) is 9.08. The molecule has 30 heavy (non-hydrogen) atoms. The van der Waals surface area contributed by atoms with Gasteiger partial charge < -0.3 is 5.32 Å². The van der Waals surface area contributed by atoms with Gasteiger partial charge in [0.25, 0.3) is 11.5 Å². The second-order valence-electron chi connectivity index (χ2n) is 6.81. The van der Waals surface area contributed by atoms with Crippen molar-refractivity contribution in [1.82, 2.24) is 29.6 Å². The van der Waals surface area contributed by atoms with Crippen molar-refractivity contribution in [3.8, 4) is 0 Å². The van der Waals surface area contributed by atoms with Crippen LogP contribution in [0.15, 0.2) is 41.6 Å². The van der Waals surface area contributed by atoms with Gasteiger partial charge in [0, 0.05) is 11.6 Å². The number of carbonyl (C=O) groups is 1. The first-order chi connectivity index (χ1) is 14.4. The van der Waals surface area contributed by atoms with Gasteiger partial charge in [0.15, 0.2) is 5.65 Å². The number of aryl methyl sites for hydroxylation is 2. The predicted molar refractivity (Wildman–Crippen MR) is 116 cm³/mol. The van der Waals surface area contributed by atoms with Crippen LogP contribution < -0.4 is 10.9 Å². The molecule has 1 aromatic carbocycles. The zero-order valence-electron chi connectivity index (χ0n) is 16.4. The van der Waals surface area contributed by atoms with Gasteiger partial charge in [-0.1, -0.05) is 23.7 Å². The molecule has 0 aliphatic carbocycles. The zero-order chi connectivity index (χ0) is 21.3. The second kappa shape index (κ2) is 8.37. The molecule has 0 bridgehead atoms. The van der Waals surface area contributed by atoms with Crippen molar-refractivity contribution in [3.05, 3.63) is 73.3 Å². The van der Waals surface area contributed by atoms with E-state index in [-0.39, 0.29) is 11.5 Å². The molecule has 0 unspecified atom stereocenters. The molecule has 0 aliphatic heterocycles. The lowest BCUT2D eigenvalue weighted by Crippen LogP contribution is -2.27. The maximum absolute atomic E-state index is 12.8. The number of fused-ring (bicyclic) bond motifs is 1. The largest absolute Gasteiger partial charge is 0.349 e. The smallest absolute Gasteiger partial charge is 0.264 e. The Labute approximate surface area is 181 Å². The summed E-state index contributed by atoms with van der Waals surface area (Å²) in [6.07, 6.45) is 3.03. The van der Waals surface area contributed by atoms with Crippen LogP contribution >= 0.6 is 22.9 Å². The molecule has 3 aromatic heterocycles. The molecular formula is C20H19ClN6O2S. The SMILES string of the molecule is Cc1nc(C)c(C(=O)NCCn2ncc3c(=O)n(Cc4ccc(Cl)cc4)cnc32)s1. The van der Waals surface area contributed by atoms with Crippen LogP contribution in [0.5, 0.6) is 0 Å². The van der Waals surface area contributed by atoms with Crippen LogP contribution in [0.2, 0.25) is 5.02 Å². The maximum Gasteiger partial charge on any atom is 0.264 e. The summed E-state index contributed by atoms with van der Waals surface area (Å²) in [4.78, 5) is 34.4. The Balaban J connectivity index is 1.46. The van der Waals surface area contributed by atoms with E-state index in [1.807, 2.05) is 26.0 Å². The standard InChI is InChI=1S/C20H19ClN6O2S/c1-12-17(30-13(2)25-12)19(28)22-7-8-27-18-16(9-24-27)20(29)26(11-23-18)10-14-3-5-15(21)6-4-14/h3-6,9,11H,7-8,10H2,1-2H3,(H,22,28). The van der Waals surface area contributed by atoms with E-state index in [4.69, 9.17) is 11.6 Å². The Morgan fingerprint density at radius 1 is 1.23 bits per heavy atom. The molecule has 0 atom stereocenters. The van der Waals surface area contributed by atoms with Crippen molar-refractivity contribution in [2.45, 2.75) is 26.9 Å². The minimum Gasteiger partial charge on any atom is -0.349 e. The van der Waals surface area contributed by atoms with Crippen LogP contribution in [0.1, 0.15) is 25.9 Å². The van der Waals surface area contributed by atoms with Gasteiger partial charge in [-0.05, 0) is 31.5 Å². The lowest BCUT2D eigenvalue weighted by atomic mass is 10.2. The van der Waals surface area contributed by atoms with Crippen LogP contribution in [0.25, 0.3) is 11.0 Å². The van der Waals surface area contributed by atoms with Gasteiger partial charge in [-0.25, -0.2) is 14.6 Å². The number of benzene rings is 1. The van der Waals surface area contributed by atoms with Crippen LogP contribution in [0.3, 0.4) is 0 Å². The van der Waals surface area contributed by atoms with Gasteiger partial charge in [0.05, 0.1) is 30.0 Å². The van der Waals surface area contributed by atoms with Crippen LogP contribution in [0.4, 0.5) is 0 Å². The van der Waals surface area contributed by atoms with Gasteiger partial charge in [0.1, 0.15) is 16.6 Å². The Morgan fingerprint density at radius 3 is 2.70 bits per heavy atom. The molecule has 8 nitrogen and oxygen atoms in total. The fourth-order valence-electron chi connectivity index (χ4n) is 3.16. The molecule has 4 aromatic rings. The molecule has 1 N–H and O–H groups in total. The number of nitrogens with one attached hydrogen (secondary N) is 1. The summed E-state index contributed by atoms with van der Waals surface area (Å²) in [5.74, 6) is -0.159. The van der Waals surface area contributed by atoms with Crippen LogP contribution in [0, 0.1) is 13.8 Å². The molecular weight excluding hydrogens is 424 g/mol. The zero-order valence-corrected chi connectivity index (χ0v) is 18.0. The van der Waals surface area contributed by atoms with Gasteiger partial charge in [-0.15, -0.1) is 11.3 Å². The summed E-state index contributed by atoms with van der Waals surface area (Å²) in [6, 6.07) is 7.32. The van der Waals surface area contributed by atoms with Crippen molar-refractivity contribution in [1.29, 1.82) is 0 Å². The molecule has 0 spiro atoms. The van der Waals surface area contributed by atoms with E-state index in [1.165, 1.54) is 28.4 Å². The number of hydrogen-bond acceptors (Lipinski definition) is 6. The summed E-state index contributed by atoms with van der Waals surface area (Å²) in [5.41, 5.74) is 2.00. The van der Waals surface area contributed by atoms with E-state index in [9.17, 15) is 9.59 Å². The fraction of sp³-hybridized carbons (Fsp3) is 0.250. The lowest BCUT2D eigenvalue weighted by Gasteiger charge is -2.07. The third-order valence-electron chi connectivity index (χ3n) is 4.61. The maximum atomic E-state index is 12.8. The molecule has 0 aliphatic rings. The van der Waals surface area contributed by atoms with Crippen LogP contribution in [-0.2, 0) is 13.1 Å². The monoisotopic (exact) mass is 442 g/mol. The highest BCUT2D eigenvalue weighted by Gasteiger charge is 2.14. The summed E-state index contributed by atoms with van der Waals surface area (Å²) >= 11 is 7.28. The topological polar surface area (TPSA) is 94.7 Å². The highest BCUT2D eigenvalue weighted by atomic mass is 35.5. The summed E-state index contributed by atoms with van der Waals surface area (Å²) in [7, 11) is 0. The van der Waals surface area contributed by atoms with Gasteiger partial charge in [0.2, 0.25) is 0 Å². The number of hydrogen-bond donors (Lipinski definition) is 1. The molecule has 0 saturated carbocycles. The van der Waals surface area contributed by atoms with E-state index < -0.39 is 0 Å². The molecule has 1 amide bonds.